The Hall–Kier alpha value is -4.60. The third-order valence-corrected chi connectivity index (χ3v) is 5.21. The first-order valence-electron chi connectivity index (χ1n) is 11.0. The number of carboxylic acid groups (broad SMARTS) is 1. The van der Waals surface area contributed by atoms with Crippen molar-refractivity contribution in [3.05, 3.63) is 83.7 Å². The number of ether oxygens (including phenoxy) is 2. The molecule has 0 saturated heterocycles. The van der Waals surface area contributed by atoms with Crippen LogP contribution in [0.2, 0.25) is 0 Å². The Kier molecular flexibility index (Phi) is 8.82. The number of likely N-dealkylation sites (N-methyl/N-ethyl adjacent to an activating group) is 1. The summed E-state index contributed by atoms with van der Waals surface area (Å²) in [5.41, 5.74) is 1.24. The van der Waals surface area contributed by atoms with Crippen molar-refractivity contribution < 1.29 is 33.4 Å². The largest absolute Gasteiger partial charge is 0.495 e. The minimum absolute atomic E-state index is 0.0421. The number of urea groups is 1. The zero-order valence-electron chi connectivity index (χ0n) is 19.8. The molecule has 0 radical (unpaired) electrons. The molecule has 10 heteroatoms. The molecular weight excluding hydrogens is 469 g/mol. The zero-order chi connectivity index (χ0) is 26.1. The first-order chi connectivity index (χ1) is 17.3. The summed E-state index contributed by atoms with van der Waals surface area (Å²) in [4.78, 5) is 37.3. The molecule has 0 aliphatic heterocycles. The van der Waals surface area contributed by atoms with Gasteiger partial charge in [-0.25, -0.2) is 14.0 Å². The van der Waals surface area contributed by atoms with Crippen LogP contribution in [0.15, 0.2) is 66.7 Å². The number of halogens is 1. The molecule has 3 aromatic carbocycles. The third-order valence-electron chi connectivity index (χ3n) is 5.21. The van der Waals surface area contributed by atoms with Gasteiger partial charge in [-0.15, -0.1) is 0 Å². The highest BCUT2D eigenvalue weighted by Crippen LogP contribution is 2.26. The Balaban J connectivity index is 1.52. The molecule has 36 heavy (non-hydrogen) atoms. The van der Waals surface area contributed by atoms with Gasteiger partial charge in [-0.1, -0.05) is 18.2 Å². The van der Waals surface area contributed by atoms with Crippen LogP contribution < -0.4 is 20.1 Å². The Labute approximate surface area is 207 Å². The van der Waals surface area contributed by atoms with Gasteiger partial charge < -0.3 is 30.1 Å². The summed E-state index contributed by atoms with van der Waals surface area (Å²) >= 11 is 0. The van der Waals surface area contributed by atoms with E-state index in [1.165, 1.54) is 42.3 Å². The SMILES string of the molecule is COc1cc(CC(=O)N(C)CCOc2ccc(C(=O)O)cc2)ccc1NC(=O)Nc1ccccc1F. The van der Waals surface area contributed by atoms with Crippen LogP contribution in [-0.2, 0) is 11.2 Å². The van der Waals surface area contributed by atoms with Gasteiger partial charge in [0.2, 0.25) is 5.91 Å². The van der Waals surface area contributed by atoms with Gasteiger partial charge >= 0.3 is 12.0 Å². The maximum atomic E-state index is 13.7. The van der Waals surface area contributed by atoms with Crippen LogP contribution >= 0.6 is 0 Å². The highest BCUT2D eigenvalue weighted by atomic mass is 19.1. The molecule has 0 aliphatic carbocycles. The van der Waals surface area contributed by atoms with Crippen molar-refractivity contribution in [3.8, 4) is 11.5 Å². The van der Waals surface area contributed by atoms with Gasteiger partial charge in [-0.05, 0) is 54.1 Å². The second-order valence-electron chi connectivity index (χ2n) is 7.76. The lowest BCUT2D eigenvalue weighted by atomic mass is 10.1. The number of hydrogen-bond donors (Lipinski definition) is 3. The molecule has 3 aromatic rings. The predicted octanol–water partition coefficient (Wildman–Crippen LogP) is 4.26. The number of nitrogens with one attached hydrogen (secondary N) is 2. The van der Waals surface area contributed by atoms with Gasteiger partial charge in [-0.2, -0.15) is 0 Å². The number of carbonyl (C=O) groups is 3. The van der Waals surface area contributed by atoms with Gasteiger partial charge in [0, 0.05) is 7.05 Å². The number of rotatable bonds is 10. The topological polar surface area (TPSA) is 117 Å². The van der Waals surface area contributed by atoms with Gasteiger partial charge in [0.25, 0.3) is 0 Å². The monoisotopic (exact) mass is 495 g/mol. The Morgan fingerprint density at radius 2 is 1.67 bits per heavy atom. The van der Waals surface area contributed by atoms with E-state index in [4.69, 9.17) is 14.6 Å². The molecule has 0 unspecified atom stereocenters. The normalized spacial score (nSPS) is 10.3. The van der Waals surface area contributed by atoms with E-state index in [2.05, 4.69) is 10.6 Å². The maximum Gasteiger partial charge on any atom is 0.335 e. The highest BCUT2D eigenvalue weighted by molar-refractivity contribution is 6.00. The molecule has 0 atom stereocenters. The van der Waals surface area contributed by atoms with Crippen molar-refractivity contribution >= 4 is 29.3 Å². The predicted molar refractivity (Wildman–Crippen MR) is 132 cm³/mol. The molecule has 3 amide bonds. The van der Waals surface area contributed by atoms with Crippen LogP contribution in [0.1, 0.15) is 15.9 Å². The molecule has 3 N–H and O–H groups in total. The van der Waals surface area contributed by atoms with E-state index >= 15 is 0 Å². The first kappa shape index (κ1) is 26.0. The van der Waals surface area contributed by atoms with Gasteiger partial charge in [0.1, 0.15) is 23.9 Å². The summed E-state index contributed by atoms with van der Waals surface area (Å²) < 4.78 is 24.7. The summed E-state index contributed by atoms with van der Waals surface area (Å²) in [5, 5.41) is 14.0. The van der Waals surface area contributed by atoms with E-state index in [0.717, 1.165) is 0 Å². The minimum atomic E-state index is -1.02. The maximum absolute atomic E-state index is 13.7. The second kappa shape index (κ2) is 12.2. The lowest BCUT2D eigenvalue weighted by Gasteiger charge is -2.18. The lowest BCUT2D eigenvalue weighted by molar-refractivity contribution is -0.129. The smallest absolute Gasteiger partial charge is 0.335 e. The van der Waals surface area contributed by atoms with Crippen LogP contribution in [0.25, 0.3) is 0 Å². The number of aromatic carboxylic acids is 1. The van der Waals surface area contributed by atoms with Crippen LogP contribution in [0.4, 0.5) is 20.6 Å². The first-order valence-corrected chi connectivity index (χ1v) is 11.0. The van der Waals surface area contributed by atoms with E-state index in [0.29, 0.717) is 29.3 Å². The van der Waals surface area contributed by atoms with E-state index in [9.17, 15) is 18.8 Å². The number of para-hydroxylation sites is 1. The number of anilines is 2. The standard InChI is InChI=1S/C26H26FN3O6/c1-30(13-14-36-19-10-8-18(9-11-19)25(32)33)24(31)16-17-7-12-22(23(15-17)35-2)29-26(34)28-21-6-4-3-5-20(21)27/h3-12,15H,13-14,16H2,1-2H3,(H,32,33)(H2,28,29,34). The molecule has 0 spiro atoms. The third kappa shape index (κ3) is 7.20. The number of methoxy groups -OCH3 is 1. The minimum Gasteiger partial charge on any atom is -0.495 e. The van der Waals surface area contributed by atoms with Gasteiger partial charge in [-0.3, -0.25) is 4.79 Å². The summed E-state index contributed by atoms with van der Waals surface area (Å²) in [6.45, 7) is 0.560. The number of nitrogens with zero attached hydrogens (tertiary/aromatic N) is 1. The number of amides is 3. The van der Waals surface area contributed by atoms with E-state index in [-0.39, 0.29) is 30.2 Å². The number of carboxylic acids is 1. The van der Waals surface area contributed by atoms with Crippen molar-refractivity contribution in [1.82, 2.24) is 4.90 Å². The molecule has 188 valence electrons. The average Bonchev–Trinajstić information content (AvgIpc) is 2.86. The summed E-state index contributed by atoms with van der Waals surface area (Å²) in [6, 6.07) is 16.1. The molecule has 3 rings (SSSR count). The Morgan fingerprint density at radius 1 is 0.972 bits per heavy atom. The van der Waals surface area contributed by atoms with Crippen molar-refractivity contribution in [3.63, 3.8) is 0 Å². The van der Waals surface area contributed by atoms with Crippen LogP contribution in [0.5, 0.6) is 11.5 Å². The van der Waals surface area contributed by atoms with Gasteiger partial charge in [0.05, 0.1) is 37.0 Å². The number of hydrogen-bond acceptors (Lipinski definition) is 5. The van der Waals surface area contributed by atoms with Crippen molar-refractivity contribution in [1.29, 1.82) is 0 Å². The summed E-state index contributed by atoms with van der Waals surface area (Å²) in [7, 11) is 3.09. The van der Waals surface area contributed by atoms with Crippen molar-refractivity contribution in [2.45, 2.75) is 6.42 Å². The second-order valence-corrected chi connectivity index (χ2v) is 7.76. The average molecular weight is 496 g/mol. The van der Waals surface area contributed by atoms with Crippen LogP contribution in [-0.4, -0.2) is 55.2 Å². The van der Waals surface area contributed by atoms with E-state index in [1.807, 2.05) is 0 Å². The molecule has 0 saturated carbocycles. The molecule has 0 heterocycles. The van der Waals surface area contributed by atoms with E-state index < -0.39 is 17.8 Å². The fourth-order valence-electron chi connectivity index (χ4n) is 3.22. The van der Waals surface area contributed by atoms with Crippen LogP contribution in [0.3, 0.4) is 0 Å². The summed E-state index contributed by atoms with van der Waals surface area (Å²) in [6.07, 6.45) is 0.0991. The number of carbonyl (C=O) groups excluding carboxylic acids is 2. The fourth-order valence-corrected chi connectivity index (χ4v) is 3.22. The molecule has 0 fully saturated rings. The van der Waals surface area contributed by atoms with E-state index in [1.54, 1.807) is 43.4 Å². The molecular formula is C26H26FN3O6. The summed E-state index contributed by atoms with van der Waals surface area (Å²) in [5.74, 6) is -0.871. The zero-order valence-corrected chi connectivity index (χ0v) is 19.8. The Morgan fingerprint density at radius 3 is 2.33 bits per heavy atom. The van der Waals surface area contributed by atoms with Gasteiger partial charge in [0.15, 0.2) is 0 Å². The van der Waals surface area contributed by atoms with Crippen molar-refractivity contribution in [2.75, 3.05) is 37.9 Å². The van der Waals surface area contributed by atoms with Crippen LogP contribution in [0, 0.1) is 5.82 Å². The molecule has 0 aromatic heterocycles. The molecule has 0 bridgehead atoms. The Bertz CT molecular complexity index is 1230. The highest BCUT2D eigenvalue weighted by Gasteiger charge is 2.14. The number of benzene rings is 3. The fraction of sp³-hybridized carbons (Fsp3) is 0.192. The lowest BCUT2D eigenvalue weighted by Crippen LogP contribution is -2.32. The quantitative estimate of drug-likeness (QED) is 0.387. The molecule has 9 nitrogen and oxygen atoms in total. The molecule has 0 aliphatic rings. The van der Waals surface area contributed by atoms with Crippen molar-refractivity contribution in [2.24, 2.45) is 0 Å².